The van der Waals surface area contributed by atoms with E-state index in [1.54, 1.807) is 0 Å². The lowest BCUT2D eigenvalue weighted by atomic mass is 10.1. The lowest BCUT2D eigenvalue weighted by Gasteiger charge is -2.36. The molecule has 22 heavy (non-hydrogen) atoms. The SMILES string of the molecule is Cc1cc(O[Si](C)(C)C(C)(C)C)c2c(C)nn(C(=O)O)c2c1. The summed E-state index contributed by atoms with van der Waals surface area (Å²) < 4.78 is 7.45. The maximum Gasteiger partial charge on any atom is 0.432 e. The molecule has 0 aliphatic rings. The summed E-state index contributed by atoms with van der Waals surface area (Å²) in [6, 6.07) is 3.81. The number of hydrogen-bond acceptors (Lipinski definition) is 3. The number of carbonyl (C=O) groups is 1. The second-order valence-corrected chi connectivity index (χ2v) is 12.0. The zero-order valence-electron chi connectivity index (χ0n) is 14.3. The summed E-state index contributed by atoms with van der Waals surface area (Å²) in [5.74, 6) is 0.742. The van der Waals surface area contributed by atoms with Gasteiger partial charge in [0.2, 0.25) is 0 Å². The molecule has 0 radical (unpaired) electrons. The molecule has 2 rings (SSSR count). The molecule has 0 unspecified atom stereocenters. The number of aryl methyl sites for hydroxylation is 2. The molecule has 2 aromatic rings. The molecule has 1 heterocycles. The Morgan fingerprint density at radius 3 is 2.36 bits per heavy atom. The largest absolute Gasteiger partial charge is 0.543 e. The zero-order valence-corrected chi connectivity index (χ0v) is 15.3. The molecular weight excluding hydrogens is 296 g/mol. The van der Waals surface area contributed by atoms with Crippen LogP contribution in [0.5, 0.6) is 5.75 Å². The number of carboxylic acid groups (broad SMARTS) is 1. The van der Waals surface area contributed by atoms with Crippen molar-refractivity contribution in [3.05, 3.63) is 23.4 Å². The quantitative estimate of drug-likeness (QED) is 0.824. The highest BCUT2D eigenvalue weighted by Crippen LogP contribution is 2.40. The van der Waals surface area contributed by atoms with E-state index in [1.807, 2.05) is 26.0 Å². The van der Waals surface area contributed by atoms with E-state index in [0.29, 0.717) is 11.2 Å². The Kier molecular flexibility index (Phi) is 3.85. The molecule has 120 valence electrons. The van der Waals surface area contributed by atoms with Crippen LogP contribution in [0, 0.1) is 13.8 Å². The molecule has 1 N–H and O–H groups in total. The highest BCUT2D eigenvalue weighted by Gasteiger charge is 2.39. The van der Waals surface area contributed by atoms with Crippen LogP contribution in [-0.4, -0.2) is 29.3 Å². The monoisotopic (exact) mass is 320 g/mol. The Hall–Kier alpha value is -1.82. The van der Waals surface area contributed by atoms with E-state index in [9.17, 15) is 9.90 Å². The fourth-order valence-electron chi connectivity index (χ4n) is 2.17. The number of nitrogens with zero attached hydrogens (tertiary/aromatic N) is 2. The van der Waals surface area contributed by atoms with Crippen LogP contribution in [0.3, 0.4) is 0 Å². The Bertz CT molecular complexity index is 742. The van der Waals surface area contributed by atoms with E-state index in [0.717, 1.165) is 21.4 Å². The van der Waals surface area contributed by atoms with Crippen LogP contribution in [0.1, 0.15) is 32.0 Å². The molecule has 0 aliphatic heterocycles. The lowest BCUT2D eigenvalue weighted by molar-refractivity contribution is 0.194. The van der Waals surface area contributed by atoms with Gasteiger partial charge in [-0.15, -0.1) is 0 Å². The third-order valence-corrected chi connectivity index (χ3v) is 8.76. The Morgan fingerprint density at radius 1 is 1.27 bits per heavy atom. The van der Waals surface area contributed by atoms with Crippen molar-refractivity contribution in [3.8, 4) is 5.75 Å². The van der Waals surface area contributed by atoms with Gasteiger partial charge in [-0.3, -0.25) is 0 Å². The highest BCUT2D eigenvalue weighted by atomic mass is 28.4. The van der Waals surface area contributed by atoms with Gasteiger partial charge in [0.25, 0.3) is 8.32 Å². The zero-order chi connectivity index (χ0) is 16.9. The van der Waals surface area contributed by atoms with E-state index < -0.39 is 14.4 Å². The summed E-state index contributed by atoms with van der Waals surface area (Å²) in [4.78, 5) is 11.4. The van der Waals surface area contributed by atoms with Crippen LogP contribution in [0.2, 0.25) is 18.1 Å². The van der Waals surface area contributed by atoms with Crippen LogP contribution in [-0.2, 0) is 0 Å². The molecule has 0 saturated carbocycles. The van der Waals surface area contributed by atoms with Crippen molar-refractivity contribution in [3.63, 3.8) is 0 Å². The fraction of sp³-hybridized carbons (Fsp3) is 0.500. The van der Waals surface area contributed by atoms with Crippen LogP contribution in [0.25, 0.3) is 10.9 Å². The van der Waals surface area contributed by atoms with E-state index in [4.69, 9.17) is 4.43 Å². The van der Waals surface area contributed by atoms with Gasteiger partial charge in [-0.05, 0) is 49.7 Å². The molecule has 0 fully saturated rings. The van der Waals surface area contributed by atoms with Crippen molar-refractivity contribution in [2.45, 2.75) is 52.8 Å². The van der Waals surface area contributed by atoms with Gasteiger partial charge < -0.3 is 9.53 Å². The van der Waals surface area contributed by atoms with Crippen molar-refractivity contribution in [2.24, 2.45) is 0 Å². The van der Waals surface area contributed by atoms with Gasteiger partial charge in [-0.2, -0.15) is 9.78 Å². The molecule has 0 aliphatic carbocycles. The summed E-state index contributed by atoms with van der Waals surface area (Å²) in [5.41, 5.74) is 2.22. The summed E-state index contributed by atoms with van der Waals surface area (Å²) >= 11 is 0. The molecule has 5 nitrogen and oxygen atoms in total. The maximum absolute atomic E-state index is 11.4. The molecular formula is C16H24N2O3Si. The van der Waals surface area contributed by atoms with Crippen molar-refractivity contribution in [1.29, 1.82) is 0 Å². The molecule has 0 atom stereocenters. The summed E-state index contributed by atoms with van der Waals surface area (Å²) in [5, 5.41) is 14.3. The first-order valence-electron chi connectivity index (χ1n) is 7.36. The van der Waals surface area contributed by atoms with Crippen molar-refractivity contribution < 1.29 is 14.3 Å². The third-order valence-electron chi connectivity index (χ3n) is 4.42. The third kappa shape index (κ3) is 2.75. The van der Waals surface area contributed by atoms with Crippen molar-refractivity contribution >= 4 is 25.3 Å². The Labute approximate surface area is 132 Å². The first-order valence-corrected chi connectivity index (χ1v) is 10.3. The lowest BCUT2D eigenvalue weighted by Crippen LogP contribution is -2.43. The first kappa shape index (κ1) is 16.5. The Morgan fingerprint density at radius 2 is 1.86 bits per heavy atom. The van der Waals surface area contributed by atoms with Gasteiger partial charge in [0, 0.05) is 0 Å². The topological polar surface area (TPSA) is 64.4 Å². The Balaban J connectivity index is 2.67. The smallest absolute Gasteiger partial charge is 0.432 e. The molecule has 0 amide bonds. The van der Waals surface area contributed by atoms with Gasteiger partial charge in [0.05, 0.1) is 16.6 Å². The van der Waals surface area contributed by atoms with E-state index in [2.05, 4.69) is 39.0 Å². The maximum atomic E-state index is 11.4. The minimum atomic E-state index is -2.01. The number of rotatable bonds is 2. The van der Waals surface area contributed by atoms with Crippen molar-refractivity contribution in [1.82, 2.24) is 9.78 Å². The van der Waals surface area contributed by atoms with Gasteiger partial charge >= 0.3 is 6.09 Å². The summed E-state index contributed by atoms with van der Waals surface area (Å²) in [6.07, 6.45) is -1.08. The number of hydrogen-bond donors (Lipinski definition) is 1. The molecule has 0 saturated heterocycles. The van der Waals surface area contributed by atoms with Gasteiger partial charge in [-0.25, -0.2) is 4.79 Å². The first-order chi connectivity index (χ1) is 9.94. The number of benzene rings is 1. The minimum absolute atomic E-state index is 0.0692. The van der Waals surface area contributed by atoms with Gasteiger partial charge in [0.1, 0.15) is 5.75 Å². The molecule has 0 bridgehead atoms. The summed E-state index contributed by atoms with van der Waals surface area (Å²) in [6.45, 7) is 14.7. The predicted octanol–water partition coefficient (Wildman–Crippen LogP) is 4.56. The molecule has 1 aromatic carbocycles. The number of fused-ring (bicyclic) bond motifs is 1. The summed E-state index contributed by atoms with van der Waals surface area (Å²) in [7, 11) is -2.01. The molecule has 6 heteroatoms. The minimum Gasteiger partial charge on any atom is -0.543 e. The van der Waals surface area contributed by atoms with E-state index in [1.165, 1.54) is 0 Å². The van der Waals surface area contributed by atoms with E-state index >= 15 is 0 Å². The van der Waals surface area contributed by atoms with Crippen LogP contribution < -0.4 is 4.43 Å². The van der Waals surface area contributed by atoms with Gasteiger partial charge in [-0.1, -0.05) is 20.8 Å². The van der Waals surface area contributed by atoms with Crippen LogP contribution in [0.15, 0.2) is 12.1 Å². The van der Waals surface area contributed by atoms with Crippen LogP contribution in [0.4, 0.5) is 4.79 Å². The standard InChI is InChI=1S/C16H24N2O3Si/c1-10-8-12-14(11(2)17-18(12)15(19)20)13(9-10)21-22(6,7)16(3,4)5/h8-9H,1-7H3,(H,19,20). The predicted molar refractivity (Wildman–Crippen MR) is 90.5 cm³/mol. The fourth-order valence-corrected chi connectivity index (χ4v) is 3.19. The van der Waals surface area contributed by atoms with Gasteiger partial charge in [0.15, 0.2) is 0 Å². The second-order valence-electron chi connectivity index (χ2n) is 7.30. The van der Waals surface area contributed by atoms with Crippen molar-refractivity contribution in [2.75, 3.05) is 0 Å². The normalized spacial score (nSPS) is 12.7. The molecule has 1 aromatic heterocycles. The average molecular weight is 320 g/mol. The second kappa shape index (κ2) is 5.12. The highest BCUT2D eigenvalue weighted by molar-refractivity contribution is 6.74. The van der Waals surface area contributed by atoms with E-state index in [-0.39, 0.29) is 5.04 Å². The molecule has 0 spiro atoms. The number of aromatic nitrogens is 2. The average Bonchev–Trinajstić information content (AvgIpc) is 2.64. The van der Waals surface area contributed by atoms with Crippen LogP contribution >= 0.6 is 0 Å².